The molecule has 0 amide bonds. The van der Waals surface area contributed by atoms with E-state index in [9.17, 15) is 8.78 Å². The lowest BCUT2D eigenvalue weighted by Gasteiger charge is -2.08. The molecular formula is C11H11F2N3O. The zero-order chi connectivity index (χ0) is 12.6. The number of hydrogen-bond acceptors (Lipinski definition) is 3. The van der Waals surface area contributed by atoms with Crippen LogP contribution in [-0.4, -0.2) is 16.9 Å². The number of nitrogen functional groups attached to an aromatic ring is 1. The van der Waals surface area contributed by atoms with Gasteiger partial charge in [-0.1, -0.05) is 0 Å². The van der Waals surface area contributed by atoms with Gasteiger partial charge in [0.25, 0.3) is 0 Å². The number of benzene rings is 1. The molecule has 0 atom stereocenters. The van der Waals surface area contributed by atoms with Gasteiger partial charge in [0.15, 0.2) is 11.6 Å². The van der Waals surface area contributed by atoms with Crippen molar-refractivity contribution in [2.24, 2.45) is 7.05 Å². The highest BCUT2D eigenvalue weighted by atomic mass is 19.2. The normalized spacial score (nSPS) is 10.6. The third-order valence-electron chi connectivity index (χ3n) is 2.52. The van der Waals surface area contributed by atoms with Crippen molar-refractivity contribution in [2.45, 2.75) is 0 Å². The molecule has 17 heavy (non-hydrogen) atoms. The molecule has 1 heterocycles. The van der Waals surface area contributed by atoms with E-state index in [4.69, 9.17) is 10.5 Å². The highest BCUT2D eigenvalue weighted by Crippen LogP contribution is 2.34. The van der Waals surface area contributed by atoms with Crippen molar-refractivity contribution in [3.63, 3.8) is 0 Å². The maximum absolute atomic E-state index is 13.2. The predicted molar refractivity (Wildman–Crippen MR) is 59.5 cm³/mol. The van der Waals surface area contributed by atoms with Crippen molar-refractivity contribution in [2.75, 3.05) is 12.8 Å². The van der Waals surface area contributed by atoms with Gasteiger partial charge in [-0.3, -0.25) is 4.68 Å². The first kappa shape index (κ1) is 11.4. The van der Waals surface area contributed by atoms with E-state index in [-0.39, 0.29) is 5.75 Å². The Labute approximate surface area is 96.6 Å². The molecule has 0 bridgehead atoms. The smallest absolute Gasteiger partial charge is 0.162 e. The quantitative estimate of drug-likeness (QED) is 0.871. The maximum atomic E-state index is 13.2. The predicted octanol–water partition coefficient (Wildman–Crippen LogP) is 1.96. The highest BCUT2D eigenvalue weighted by molar-refractivity contribution is 5.78. The number of hydrogen-bond donors (Lipinski definition) is 1. The van der Waals surface area contributed by atoms with E-state index in [1.165, 1.54) is 18.0 Å². The summed E-state index contributed by atoms with van der Waals surface area (Å²) in [5.41, 5.74) is 6.65. The standard InChI is InChI=1S/C11H11F2N3O/c1-16-11(14)7(5-15-16)6-3-8(12)9(13)4-10(6)17-2/h3-5H,14H2,1-2H3. The largest absolute Gasteiger partial charge is 0.496 e. The summed E-state index contributed by atoms with van der Waals surface area (Å²) in [5, 5.41) is 3.94. The molecule has 2 rings (SSSR count). The van der Waals surface area contributed by atoms with E-state index in [2.05, 4.69) is 5.10 Å². The van der Waals surface area contributed by atoms with Gasteiger partial charge in [-0.2, -0.15) is 5.10 Å². The van der Waals surface area contributed by atoms with Crippen LogP contribution in [0.5, 0.6) is 5.75 Å². The second-order valence-corrected chi connectivity index (χ2v) is 3.53. The minimum absolute atomic E-state index is 0.212. The van der Waals surface area contributed by atoms with Gasteiger partial charge in [-0.15, -0.1) is 0 Å². The van der Waals surface area contributed by atoms with Crippen molar-refractivity contribution in [3.05, 3.63) is 30.0 Å². The van der Waals surface area contributed by atoms with E-state index in [1.807, 2.05) is 0 Å². The monoisotopic (exact) mass is 239 g/mol. The number of nitrogens with two attached hydrogens (primary N) is 1. The fourth-order valence-electron chi connectivity index (χ4n) is 1.56. The number of methoxy groups -OCH3 is 1. The van der Waals surface area contributed by atoms with Crippen LogP contribution in [0.4, 0.5) is 14.6 Å². The Bertz CT molecular complexity index is 566. The van der Waals surface area contributed by atoms with Crippen LogP contribution >= 0.6 is 0 Å². The minimum atomic E-state index is -0.965. The van der Waals surface area contributed by atoms with Crippen LogP contribution < -0.4 is 10.5 Å². The summed E-state index contributed by atoms with van der Waals surface area (Å²) in [6.07, 6.45) is 1.48. The molecule has 0 radical (unpaired) electrons. The summed E-state index contributed by atoms with van der Waals surface area (Å²) in [7, 11) is 3.04. The Morgan fingerprint density at radius 2 is 1.88 bits per heavy atom. The molecular weight excluding hydrogens is 228 g/mol. The molecule has 0 spiro atoms. The average molecular weight is 239 g/mol. The maximum Gasteiger partial charge on any atom is 0.162 e. The van der Waals surface area contributed by atoms with Gasteiger partial charge < -0.3 is 10.5 Å². The SMILES string of the molecule is COc1cc(F)c(F)cc1-c1cnn(C)c1N. The summed E-state index contributed by atoms with van der Waals surface area (Å²) in [6, 6.07) is 2.03. The first-order chi connectivity index (χ1) is 8.04. The Kier molecular flexibility index (Phi) is 2.71. The van der Waals surface area contributed by atoms with Crippen molar-refractivity contribution in [1.82, 2.24) is 9.78 Å². The number of halogens is 2. The van der Waals surface area contributed by atoms with Crippen molar-refractivity contribution >= 4 is 5.82 Å². The molecule has 90 valence electrons. The van der Waals surface area contributed by atoms with Gasteiger partial charge in [0.05, 0.1) is 13.3 Å². The third kappa shape index (κ3) is 1.82. The average Bonchev–Trinajstić information content (AvgIpc) is 2.63. The molecule has 0 aliphatic carbocycles. The van der Waals surface area contributed by atoms with Crippen LogP contribution in [0.2, 0.25) is 0 Å². The molecule has 0 saturated carbocycles. The lowest BCUT2D eigenvalue weighted by Crippen LogP contribution is -1.99. The zero-order valence-electron chi connectivity index (χ0n) is 9.37. The molecule has 1 aromatic carbocycles. The van der Waals surface area contributed by atoms with Crippen molar-refractivity contribution < 1.29 is 13.5 Å². The zero-order valence-corrected chi connectivity index (χ0v) is 9.37. The van der Waals surface area contributed by atoms with Gasteiger partial charge in [-0.05, 0) is 6.07 Å². The molecule has 2 aromatic rings. The van der Waals surface area contributed by atoms with E-state index < -0.39 is 11.6 Å². The molecule has 0 aliphatic heterocycles. The van der Waals surface area contributed by atoms with Crippen molar-refractivity contribution in [1.29, 1.82) is 0 Å². The van der Waals surface area contributed by atoms with Gasteiger partial charge in [0.1, 0.15) is 11.6 Å². The third-order valence-corrected chi connectivity index (χ3v) is 2.52. The van der Waals surface area contributed by atoms with Crippen LogP contribution in [-0.2, 0) is 7.05 Å². The first-order valence-electron chi connectivity index (χ1n) is 4.85. The van der Waals surface area contributed by atoms with Gasteiger partial charge in [0.2, 0.25) is 0 Å². The fraction of sp³-hybridized carbons (Fsp3) is 0.182. The minimum Gasteiger partial charge on any atom is -0.496 e. The number of ether oxygens (including phenoxy) is 1. The second-order valence-electron chi connectivity index (χ2n) is 3.53. The summed E-state index contributed by atoms with van der Waals surface area (Å²) in [6.45, 7) is 0. The molecule has 6 heteroatoms. The summed E-state index contributed by atoms with van der Waals surface area (Å²) in [4.78, 5) is 0. The summed E-state index contributed by atoms with van der Waals surface area (Å²) >= 11 is 0. The van der Waals surface area contributed by atoms with Gasteiger partial charge >= 0.3 is 0 Å². The molecule has 0 unspecified atom stereocenters. The Morgan fingerprint density at radius 1 is 1.24 bits per heavy atom. The first-order valence-corrected chi connectivity index (χ1v) is 4.85. The molecule has 0 fully saturated rings. The number of rotatable bonds is 2. The number of aromatic nitrogens is 2. The van der Waals surface area contributed by atoms with Crippen LogP contribution in [0.3, 0.4) is 0 Å². The second kappa shape index (κ2) is 4.04. The number of aryl methyl sites for hydroxylation is 1. The van der Waals surface area contributed by atoms with E-state index in [0.717, 1.165) is 12.1 Å². The van der Waals surface area contributed by atoms with Crippen LogP contribution in [0, 0.1) is 11.6 Å². The molecule has 0 saturated heterocycles. The molecule has 4 nitrogen and oxygen atoms in total. The number of nitrogens with zero attached hydrogens (tertiary/aromatic N) is 2. The van der Waals surface area contributed by atoms with Crippen LogP contribution in [0.15, 0.2) is 18.3 Å². The lowest BCUT2D eigenvalue weighted by molar-refractivity contribution is 0.408. The van der Waals surface area contributed by atoms with Crippen LogP contribution in [0.25, 0.3) is 11.1 Å². The number of anilines is 1. The van der Waals surface area contributed by atoms with E-state index in [1.54, 1.807) is 7.05 Å². The molecule has 1 aromatic heterocycles. The van der Waals surface area contributed by atoms with E-state index >= 15 is 0 Å². The molecule has 2 N–H and O–H groups in total. The summed E-state index contributed by atoms with van der Waals surface area (Å²) in [5.74, 6) is -1.35. The topological polar surface area (TPSA) is 53.1 Å². The van der Waals surface area contributed by atoms with Crippen LogP contribution in [0.1, 0.15) is 0 Å². The Balaban J connectivity index is 2.66. The summed E-state index contributed by atoms with van der Waals surface area (Å²) < 4.78 is 32.7. The fourth-order valence-corrected chi connectivity index (χ4v) is 1.56. The molecule has 0 aliphatic rings. The van der Waals surface area contributed by atoms with Gasteiger partial charge in [-0.25, -0.2) is 8.78 Å². The highest BCUT2D eigenvalue weighted by Gasteiger charge is 2.16. The Morgan fingerprint density at radius 3 is 2.41 bits per heavy atom. The lowest BCUT2D eigenvalue weighted by atomic mass is 10.1. The van der Waals surface area contributed by atoms with Gasteiger partial charge in [0, 0.05) is 24.2 Å². The van der Waals surface area contributed by atoms with E-state index in [0.29, 0.717) is 16.9 Å². The van der Waals surface area contributed by atoms with Crippen molar-refractivity contribution in [3.8, 4) is 16.9 Å². The Hall–Kier alpha value is -2.11.